The van der Waals surface area contributed by atoms with Gasteiger partial charge in [0.2, 0.25) is 5.91 Å². The summed E-state index contributed by atoms with van der Waals surface area (Å²) in [7, 11) is 1.30. The van der Waals surface area contributed by atoms with Gasteiger partial charge < -0.3 is 14.4 Å². The van der Waals surface area contributed by atoms with Crippen molar-refractivity contribution < 1.29 is 23.9 Å². The quantitative estimate of drug-likeness (QED) is 0.437. The molecular formula is C23H38N2O5. The van der Waals surface area contributed by atoms with Crippen molar-refractivity contribution >= 4 is 18.0 Å². The molecule has 0 aromatic rings. The van der Waals surface area contributed by atoms with E-state index in [0.717, 1.165) is 6.42 Å². The van der Waals surface area contributed by atoms with Crippen LogP contribution in [0.4, 0.5) is 4.79 Å². The second kappa shape index (κ2) is 11.2. The first-order valence-corrected chi connectivity index (χ1v) is 10.7. The van der Waals surface area contributed by atoms with Gasteiger partial charge in [-0.2, -0.15) is 0 Å². The Kier molecular flexibility index (Phi) is 9.59. The van der Waals surface area contributed by atoms with Crippen LogP contribution in [0.2, 0.25) is 0 Å². The number of ether oxygens (including phenoxy) is 2. The van der Waals surface area contributed by atoms with Gasteiger partial charge in [-0.1, -0.05) is 32.1 Å². The Hall–Kier alpha value is -2.31. The van der Waals surface area contributed by atoms with E-state index in [1.54, 1.807) is 38.7 Å². The van der Waals surface area contributed by atoms with Gasteiger partial charge >= 0.3 is 12.1 Å². The Labute approximate surface area is 181 Å². The van der Waals surface area contributed by atoms with Crippen LogP contribution >= 0.6 is 0 Å². The standard InChI is InChI=1S/C23H38N2O5/c1-9-12-13-18(11-3)25(16(4)21(27)29-8)20(26)19-17(10-2)14-15-24(19)22(28)30-23(5,6)7/h10,12-13,16-19H,2,9,11,14-15H2,1,3-8H3/b13-12+/t16-,17+,18-,19+/m0/s1. The molecule has 1 aliphatic rings. The van der Waals surface area contributed by atoms with Crippen LogP contribution < -0.4 is 0 Å². The number of nitrogens with zero attached hydrogens (tertiary/aromatic N) is 2. The number of hydrogen-bond donors (Lipinski definition) is 0. The van der Waals surface area contributed by atoms with Crippen molar-refractivity contribution in [1.29, 1.82) is 0 Å². The highest BCUT2D eigenvalue weighted by atomic mass is 16.6. The van der Waals surface area contributed by atoms with Gasteiger partial charge in [0.05, 0.1) is 13.2 Å². The van der Waals surface area contributed by atoms with E-state index >= 15 is 0 Å². The lowest BCUT2D eigenvalue weighted by atomic mass is 9.97. The number of esters is 1. The molecule has 1 aliphatic heterocycles. The topological polar surface area (TPSA) is 76.2 Å². The third kappa shape index (κ3) is 6.34. The number of hydrogen-bond acceptors (Lipinski definition) is 5. The maximum atomic E-state index is 13.8. The Morgan fingerprint density at radius 3 is 2.37 bits per heavy atom. The fraction of sp³-hybridized carbons (Fsp3) is 0.696. The lowest BCUT2D eigenvalue weighted by Crippen LogP contribution is -2.57. The van der Waals surface area contributed by atoms with Gasteiger partial charge in [-0.25, -0.2) is 9.59 Å². The van der Waals surface area contributed by atoms with Crippen LogP contribution in [0.15, 0.2) is 24.8 Å². The summed E-state index contributed by atoms with van der Waals surface area (Å²) in [4.78, 5) is 42.0. The number of likely N-dealkylation sites (tertiary alicyclic amines) is 1. The summed E-state index contributed by atoms with van der Waals surface area (Å²) < 4.78 is 10.4. The van der Waals surface area contributed by atoms with Crippen molar-refractivity contribution in [3.8, 4) is 0 Å². The minimum absolute atomic E-state index is 0.218. The predicted octanol–water partition coefficient (Wildman–Crippen LogP) is 3.93. The highest BCUT2D eigenvalue weighted by Crippen LogP contribution is 2.30. The van der Waals surface area contributed by atoms with Crippen molar-refractivity contribution in [2.45, 2.75) is 84.5 Å². The lowest BCUT2D eigenvalue weighted by Gasteiger charge is -2.38. The summed E-state index contributed by atoms with van der Waals surface area (Å²) in [6, 6.07) is -1.85. The molecule has 1 saturated heterocycles. The number of amides is 2. The van der Waals surface area contributed by atoms with Gasteiger partial charge in [0, 0.05) is 12.5 Å². The summed E-state index contributed by atoms with van der Waals surface area (Å²) >= 11 is 0. The third-order valence-electron chi connectivity index (χ3n) is 5.21. The van der Waals surface area contributed by atoms with Gasteiger partial charge in [0.15, 0.2) is 0 Å². The summed E-state index contributed by atoms with van der Waals surface area (Å²) in [5.74, 6) is -1.01. The van der Waals surface area contributed by atoms with Gasteiger partial charge in [-0.05, 0) is 47.0 Å². The molecular weight excluding hydrogens is 384 g/mol. The Morgan fingerprint density at radius 2 is 1.90 bits per heavy atom. The molecule has 0 bridgehead atoms. The van der Waals surface area contributed by atoms with Crippen molar-refractivity contribution in [3.05, 3.63) is 24.8 Å². The number of allylic oxidation sites excluding steroid dienone is 1. The van der Waals surface area contributed by atoms with E-state index < -0.39 is 29.7 Å². The maximum absolute atomic E-state index is 13.8. The second-order valence-corrected chi connectivity index (χ2v) is 8.56. The maximum Gasteiger partial charge on any atom is 0.410 e. The minimum Gasteiger partial charge on any atom is -0.467 e. The summed E-state index contributed by atoms with van der Waals surface area (Å²) in [5.41, 5.74) is -0.675. The molecule has 170 valence electrons. The Bertz CT molecular complexity index is 652. The molecule has 1 heterocycles. The van der Waals surface area contributed by atoms with E-state index in [2.05, 4.69) is 6.58 Å². The van der Waals surface area contributed by atoms with Crippen LogP contribution in [0.1, 0.15) is 60.8 Å². The Balaban J connectivity index is 3.36. The zero-order valence-corrected chi connectivity index (χ0v) is 19.5. The van der Waals surface area contributed by atoms with Crippen LogP contribution in [0.5, 0.6) is 0 Å². The highest BCUT2D eigenvalue weighted by Gasteiger charge is 2.46. The molecule has 0 aromatic heterocycles. The number of carbonyl (C=O) groups excluding carboxylic acids is 3. The first-order valence-electron chi connectivity index (χ1n) is 10.7. The zero-order chi connectivity index (χ0) is 23.1. The molecule has 1 fully saturated rings. The molecule has 2 amide bonds. The SMILES string of the molecule is C=C[C@@H]1CCN(C(=O)OC(C)(C)C)[C@H]1C(=O)N([C@H](/C=C/CC)CC)[C@@H](C)C(=O)OC. The normalized spacial score (nSPS) is 21.2. The van der Waals surface area contributed by atoms with E-state index in [-0.39, 0.29) is 17.9 Å². The largest absolute Gasteiger partial charge is 0.467 e. The number of carbonyl (C=O) groups is 3. The molecule has 0 N–H and O–H groups in total. The molecule has 0 radical (unpaired) electrons. The molecule has 1 rings (SSSR count). The van der Waals surface area contributed by atoms with E-state index in [1.165, 1.54) is 12.0 Å². The van der Waals surface area contributed by atoms with E-state index in [9.17, 15) is 14.4 Å². The van der Waals surface area contributed by atoms with Crippen molar-refractivity contribution in [3.63, 3.8) is 0 Å². The van der Waals surface area contributed by atoms with Crippen LogP contribution in [0, 0.1) is 5.92 Å². The van der Waals surface area contributed by atoms with Crippen LogP contribution in [-0.2, 0) is 19.1 Å². The number of rotatable bonds is 8. The van der Waals surface area contributed by atoms with E-state index in [1.807, 2.05) is 26.0 Å². The van der Waals surface area contributed by atoms with Gasteiger partial charge in [0.1, 0.15) is 17.7 Å². The average molecular weight is 423 g/mol. The molecule has 30 heavy (non-hydrogen) atoms. The highest BCUT2D eigenvalue weighted by molar-refractivity contribution is 5.91. The van der Waals surface area contributed by atoms with E-state index in [0.29, 0.717) is 19.4 Å². The fourth-order valence-electron chi connectivity index (χ4n) is 3.70. The molecule has 4 atom stereocenters. The molecule has 7 heteroatoms. The third-order valence-corrected chi connectivity index (χ3v) is 5.21. The van der Waals surface area contributed by atoms with Gasteiger partial charge in [-0.3, -0.25) is 9.69 Å². The van der Waals surface area contributed by atoms with Crippen molar-refractivity contribution in [1.82, 2.24) is 9.80 Å². The van der Waals surface area contributed by atoms with Crippen molar-refractivity contribution in [2.24, 2.45) is 5.92 Å². The molecule has 0 spiro atoms. The van der Waals surface area contributed by atoms with Crippen LogP contribution in [0.25, 0.3) is 0 Å². The molecule has 7 nitrogen and oxygen atoms in total. The Morgan fingerprint density at radius 1 is 1.27 bits per heavy atom. The van der Waals surface area contributed by atoms with Gasteiger partial charge in [0.25, 0.3) is 0 Å². The lowest BCUT2D eigenvalue weighted by molar-refractivity contribution is -0.155. The summed E-state index contributed by atoms with van der Waals surface area (Å²) in [6.07, 6.45) is 7.14. The van der Waals surface area contributed by atoms with Crippen molar-refractivity contribution in [2.75, 3.05) is 13.7 Å². The summed E-state index contributed by atoms with van der Waals surface area (Å²) in [5, 5.41) is 0. The molecule has 0 aliphatic carbocycles. The monoisotopic (exact) mass is 422 g/mol. The minimum atomic E-state index is -0.791. The second-order valence-electron chi connectivity index (χ2n) is 8.56. The first-order chi connectivity index (χ1) is 14.0. The fourth-order valence-corrected chi connectivity index (χ4v) is 3.70. The predicted molar refractivity (Wildman–Crippen MR) is 117 cm³/mol. The van der Waals surface area contributed by atoms with E-state index in [4.69, 9.17) is 9.47 Å². The molecule has 0 saturated carbocycles. The smallest absolute Gasteiger partial charge is 0.410 e. The summed E-state index contributed by atoms with van der Waals surface area (Å²) in [6.45, 7) is 15.2. The number of methoxy groups -OCH3 is 1. The molecule has 0 aromatic carbocycles. The zero-order valence-electron chi connectivity index (χ0n) is 19.5. The van der Waals surface area contributed by atoms with Crippen LogP contribution in [-0.4, -0.2) is 65.2 Å². The molecule has 0 unspecified atom stereocenters. The van der Waals surface area contributed by atoms with Gasteiger partial charge in [-0.15, -0.1) is 6.58 Å². The average Bonchev–Trinajstić information content (AvgIpc) is 3.12. The van der Waals surface area contributed by atoms with Crippen LogP contribution in [0.3, 0.4) is 0 Å². The first kappa shape index (κ1) is 25.7.